The van der Waals surface area contributed by atoms with Crippen LogP contribution in [0.1, 0.15) is 6.92 Å². The molecule has 0 aliphatic carbocycles. The van der Waals surface area contributed by atoms with Crippen LogP contribution in [0, 0.1) is 10.1 Å². The van der Waals surface area contributed by atoms with Crippen molar-refractivity contribution in [2.75, 3.05) is 37.7 Å². The van der Waals surface area contributed by atoms with E-state index < -0.39 is 16.2 Å². The molecule has 1 fully saturated rings. The molecule has 2 aromatic heterocycles. The van der Waals surface area contributed by atoms with Crippen LogP contribution in [0.15, 0.2) is 47.3 Å². The molecule has 0 spiro atoms. The lowest BCUT2D eigenvalue weighted by atomic mass is 10.0. The number of benzene rings is 1. The first-order valence-electron chi connectivity index (χ1n) is 9.92. The van der Waals surface area contributed by atoms with Crippen LogP contribution in [0.5, 0.6) is 0 Å². The fraction of sp³-hybridized carbons (Fsp3) is 0.286. The molecule has 10 nitrogen and oxygen atoms in total. The number of hydrogen-bond donors (Lipinski definition) is 1. The average molecular weight is 423 g/mol. The Hall–Kier alpha value is -3.95. The number of amides is 1. The SMILES string of the molecule is CCOC(=O)N1CCN(c2cc(-c3ccccc3)c3cc([N+](=O)[O-])c(=O)[nH]c3n2)CC1. The molecule has 1 amide bonds. The van der Waals surface area contributed by atoms with Crippen LogP contribution < -0.4 is 10.5 Å². The van der Waals surface area contributed by atoms with E-state index in [-0.39, 0.29) is 11.7 Å². The maximum absolute atomic E-state index is 12.2. The Balaban J connectivity index is 1.76. The van der Waals surface area contributed by atoms with Gasteiger partial charge >= 0.3 is 17.3 Å². The largest absolute Gasteiger partial charge is 0.450 e. The van der Waals surface area contributed by atoms with Gasteiger partial charge in [0.25, 0.3) is 0 Å². The predicted octanol–water partition coefficient (Wildman–Crippen LogP) is 2.78. The quantitative estimate of drug-likeness (QED) is 0.506. The third-order valence-corrected chi connectivity index (χ3v) is 5.20. The van der Waals surface area contributed by atoms with Crippen LogP contribution in [0.2, 0.25) is 0 Å². The Morgan fingerprint density at radius 3 is 2.55 bits per heavy atom. The molecule has 3 heterocycles. The minimum absolute atomic E-state index is 0.278. The van der Waals surface area contributed by atoms with Crippen LogP contribution >= 0.6 is 0 Å². The summed E-state index contributed by atoms with van der Waals surface area (Å²) in [5.74, 6) is 0.624. The molecule has 3 aromatic rings. The fourth-order valence-electron chi connectivity index (χ4n) is 3.64. The van der Waals surface area contributed by atoms with Crippen LogP contribution in [-0.2, 0) is 4.74 Å². The molecule has 0 unspecified atom stereocenters. The summed E-state index contributed by atoms with van der Waals surface area (Å²) in [7, 11) is 0. The van der Waals surface area contributed by atoms with E-state index in [2.05, 4.69) is 9.97 Å². The van der Waals surface area contributed by atoms with Gasteiger partial charge in [-0.25, -0.2) is 9.78 Å². The van der Waals surface area contributed by atoms with E-state index in [1.165, 1.54) is 6.07 Å². The van der Waals surface area contributed by atoms with Gasteiger partial charge in [-0.1, -0.05) is 30.3 Å². The Labute approximate surface area is 177 Å². The van der Waals surface area contributed by atoms with Crippen LogP contribution in [0.25, 0.3) is 22.2 Å². The zero-order valence-electron chi connectivity index (χ0n) is 16.9. The van der Waals surface area contributed by atoms with E-state index in [9.17, 15) is 19.7 Å². The molecule has 1 saturated heterocycles. The van der Waals surface area contributed by atoms with E-state index in [0.717, 1.165) is 11.1 Å². The number of aromatic amines is 1. The van der Waals surface area contributed by atoms with Crippen LogP contribution in [0.3, 0.4) is 0 Å². The number of nitro groups is 1. The summed E-state index contributed by atoms with van der Waals surface area (Å²) in [6.07, 6.45) is -0.338. The monoisotopic (exact) mass is 423 g/mol. The smallest absolute Gasteiger partial charge is 0.409 e. The number of H-pyrrole nitrogens is 1. The molecular weight excluding hydrogens is 402 g/mol. The molecule has 0 bridgehead atoms. The number of carbonyl (C=O) groups excluding carboxylic acids is 1. The number of anilines is 1. The van der Waals surface area contributed by atoms with Gasteiger partial charge in [-0.3, -0.25) is 14.9 Å². The van der Waals surface area contributed by atoms with Crippen LogP contribution in [0.4, 0.5) is 16.3 Å². The third kappa shape index (κ3) is 4.04. The van der Waals surface area contributed by atoms with Gasteiger partial charge in [-0.15, -0.1) is 0 Å². The first kappa shape index (κ1) is 20.3. The Bertz CT molecular complexity index is 1190. The van der Waals surface area contributed by atoms with Crippen molar-refractivity contribution in [1.82, 2.24) is 14.9 Å². The van der Waals surface area contributed by atoms with Gasteiger partial charge in [0.05, 0.1) is 11.5 Å². The molecule has 0 saturated carbocycles. The topological polar surface area (TPSA) is 122 Å². The zero-order chi connectivity index (χ0) is 22.0. The summed E-state index contributed by atoms with van der Waals surface area (Å²) >= 11 is 0. The number of hydrogen-bond acceptors (Lipinski definition) is 7. The molecule has 1 aliphatic rings. The number of rotatable bonds is 4. The van der Waals surface area contributed by atoms with Crippen molar-refractivity contribution >= 4 is 28.6 Å². The number of fused-ring (bicyclic) bond motifs is 1. The molecule has 31 heavy (non-hydrogen) atoms. The first-order chi connectivity index (χ1) is 15.0. The molecule has 0 atom stereocenters. The fourth-order valence-corrected chi connectivity index (χ4v) is 3.64. The first-order valence-corrected chi connectivity index (χ1v) is 9.92. The molecule has 4 rings (SSSR count). The second kappa shape index (κ2) is 8.42. The number of nitrogens with one attached hydrogen (secondary N) is 1. The minimum atomic E-state index is -0.798. The van der Waals surface area contributed by atoms with E-state index >= 15 is 0 Å². The van der Waals surface area contributed by atoms with Gasteiger partial charge in [0.1, 0.15) is 11.5 Å². The highest BCUT2D eigenvalue weighted by molar-refractivity contribution is 5.95. The summed E-state index contributed by atoms with van der Waals surface area (Å²) in [4.78, 5) is 45.5. The molecule has 10 heteroatoms. The lowest BCUT2D eigenvalue weighted by molar-refractivity contribution is -0.386. The van der Waals surface area contributed by atoms with Crippen molar-refractivity contribution < 1.29 is 14.5 Å². The predicted molar refractivity (Wildman–Crippen MR) is 115 cm³/mol. The number of carbonyl (C=O) groups is 1. The van der Waals surface area contributed by atoms with Gasteiger partial charge < -0.3 is 19.5 Å². The van der Waals surface area contributed by atoms with E-state index in [0.29, 0.717) is 44.0 Å². The Morgan fingerprint density at radius 1 is 1.19 bits per heavy atom. The van der Waals surface area contributed by atoms with Crippen molar-refractivity contribution in [3.63, 3.8) is 0 Å². The highest BCUT2D eigenvalue weighted by atomic mass is 16.6. The molecule has 1 aliphatic heterocycles. The molecular formula is C21H21N5O5. The maximum atomic E-state index is 12.2. The second-order valence-corrected chi connectivity index (χ2v) is 7.07. The normalized spacial score (nSPS) is 14.0. The summed E-state index contributed by atoms with van der Waals surface area (Å²) < 4.78 is 5.06. The van der Waals surface area contributed by atoms with Gasteiger partial charge in [0.15, 0.2) is 0 Å². The van der Waals surface area contributed by atoms with Crippen molar-refractivity contribution in [2.45, 2.75) is 6.92 Å². The van der Waals surface area contributed by atoms with Gasteiger partial charge in [-0.2, -0.15) is 0 Å². The average Bonchev–Trinajstić information content (AvgIpc) is 2.78. The summed E-state index contributed by atoms with van der Waals surface area (Å²) in [5.41, 5.74) is 0.533. The van der Waals surface area contributed by atoms with Gasteiger partial charge in [0, 0.05) is 37.6 Å². The van der Waals surface area contributed by atoms with Crippen molar-refractivity contribution in [1.29, 1.82) is 0 Å². The number of piperazine rings is 1. The van der Waals surface area contributed by atoms with Crippen molar-refractivity contribution in [3.8, 4) is 11.1 Å². The van der Waals surface area contributed by atoms with E-state index in [1.54, 1.807) is 11.8 Å². The number of nitrogens with zero attached hydrogens (tertiary/aromatic N) is 4. The lowest BCUT2D eigenvalue weighted by Gasteiger charge is -2.35. The highest BCUT2D eigenvalue weighted by Crippen LogP contribution is 2.31. The summed E-state index contributed by atoms with van der Waals surface area (Å²) in [6.45, 7) is 4.14. The number of aromatic nitrogens is 2. The zero-order valence-corrected chi connectivity index (χ0v) is 16.9. The Morgan fingerprint density at radius 2 is 1.90 bits per heavy atom. The maximum Gasteiger partial charge on any atom is 0.409 e. The lowest BCUT2D eigenvalue weighted by Crippen LogP contribution is -2.49. The molecule has 160 valence electrons. The molecule has 1 N–H and O–H groups in total. The highest BCUT2D eigenvalue weighted by Gasteiger charge is 2.24. The Kier molecular flexibility index (Phi) is 5.52. The number of pyridine rings is 2. The third-order valence-electron chi connectivity index (χ3n) is 5.20. The van der Waals surface area contributed by atoms with Crippen molar-refractivity contribution in [2.24, 2.45) is 0 Å². The standard InChI is InChI=1S/C21H21N5O5/c1-2-31-21(28)25-10-8-24(9-11-25)18-13-15(14-6-4-3-5-7-14)16-12-17(26(29)30)20(27)23-19(16)22-18/h3-7,12-13H,2,8-11H2,1H3,(H,22,23,27). The van der Waals surface area contributed by atoms with Crippen molar-refractivity contribution in [3.05, 3.63) is 62.9 Å². The van der Waals surface area contributed by atoms with E-state index in [1.807, 2.05) is 41.3 Å². The van der Waals surface area contributed by atoms with Crippen LogP contribution in [-0.4, -0.2) is 58.7 Å². The van der Waals surface area contributed by atoms with Gasteiger partial charge in [-0.05, 0) is 24.1 Å². The summed E-state index contributed by atoms with van der Waals surface area (Å²) in [5, 5.41) is 11.8. The number of ether oxygens (including phenoxy) is 1. The second-order valence-electron chi connectivity index (χ2n) is 7.07. The summed E-state index contributed by atoms with van der Waals surface area (Å²) in [6, 6.07) is 12.6. The van der Waals surface area contributed by atoms with E-state index in [4.69, 9.17) is 4.74 Å². The minimum Gasteiger partial charge on any atom is -0.450 e. The molecule has 1 aromatic carbocycles. The van der Waals surface area contributed by atoms with Gasteiger partial charge in [0.2, 0.25) is 0 Å². The molecule has 0 radical (unpaired) electrons.